The normalized spacial score (nSPS) is 21.5. The van der Waals surface area contributed by atoms with Crippen molar-refractivity contribution < 1.29 is 0 Å². The molecule has 12 heavy (non-hydrogen) atoms. The largest absolute Gasteiger partial charge is 0.0829 e. The lowest BCUT2D eigenvalue weighted by molar-refractivity contribution is 0.469. The van der Waals surface area contributed by atoms with Gasteiger partial charge in [0.05, 0.1) is 0 Å². The minimum absolute atomic E-state index is 0.881. The van der Waals surface area contributed by atoms with Gasteiger partial charge in [-0.2, -0.15) is 0 Å². The number of hydrogen-bond donors (Lipinski definition) is 0. The van der Waals surface area contributed by atoms with Crippen LogP contribution in [-0.2, 0) is 0 Å². The van der Waals surface area contributed by atoms with E-state index in [4.69, 9.17) is 0 Å². The summed E-state index contributed by atoms with van der Waals surface area (Å²) in [5.41, 5.74) is 0. The van der Waals surface area contributed by atoms with Crippen LogP contribution in [0.25, 0.3) is 0 Å². The highest BCUT2D eigenvalue weighted by atomic mass is 127. The molecule has 1 saturated carbocycles. The maximum absolute atomic E-state index is 2.53. The van der Waals surface area contributed by atoms with Crippen LogP contribution in [0.2, 0.25) is 0 Å². The predicted molar refractivity (Wildman–Crippen MR) is 63.9 cm³/mol. The van der Waals surface area contributed by atoms with Gasteiger partial charge in [-0.15, -0.1) is 0 Å². The standard InChI is InChI=1S/C11H21I/c1-10(12)6-2-3-7-11-8-4-5-9-11/h10-11H,2-9H2,1H3. The smallest absolute Gasteiger partial charge is 0.00813 e. The van der Waals surface area contributed by atoms with E-state index in [1.165, 1.54) is 51.4 Å². The second kappa shape index (κ2) is 6.22. The highest BCUT2D eigenvalue weighted by molar-refractivity contribution is 14.1. The van der Waals surface area contributed by atoms with Crippen LogP contribution in [0.1, 0.15) is 58.3 Å². The van der Waals surface area contributed by atoms with E-state index in [1.54, 1.807) is 0 Å². The Bertz CT molecular complexity index is 104. The molecular formula is C11H21I. The van der Waals surface area contributed by atoms with Crippen molar-refractivity contribution in [3.05, 3.63) is 0 Å². The first-order valence-electron chi connectivity index (χ1n) is 5.43. The van der Waals surface area contributed by atoms with Crippen LogP contribution in [0, 0.1) is 5.92 Å². The average Bonchev–Trinajstić information content (AvgIpc) is 2.49. The fourth-order valence-corrected chi connectivity index (χ4v) is 2.60. The number of halogens is 1. The molecular weight excluding hydrogens is 259 g/mol. The van der Waals surface area contributed by atoms with Gasteiger partial charge in [-0.25, -0.2) is 0 Å². The van der Waals surface area contributed by atoms with Crippen molar-refractivity contribution in [1.82, 2.24) is 0 Å². The first-order valence-corrected chi connectivity index (χ1v) is 6.67. The Hall–Kier alpha value is 0.730. The topological polar surface area (TPSA) is 0 Å². The summed E-state index contributed by atoms with van der Waals surface area (Å²) in [6.45, 7) is 2.32. The second-order valence-electron chi connectivity index (χ2n) is 4.22. The third-order valence-electron chi connectivity index (χ3n) is 2.94. The van der Waals surface area contributed by atoms with Gasteiger partial charge in [0.2, 0.25) is 0 Å². The lowest BCUT2D eigenvalue weighted by Gasteiger charge is -2.08. The molecule has 72 valence electrons. The van der Waals surface area contributed by atoms with E-state index >= 15 is 0 Å². The quantitative estimate of drug-likeness (QED) is 0.393. The van der Waals surface area contributed by atoms with E-state index in [0.717, 1.165) is 9.84 Å². The first kappa shape index (κ1) is 10.8. The lowest BCUT2D eigenvalue weighted by atomic mass is 10.00. The molecule has 0 aliphatic heterocycles. The maximum Gasteiger partial charge on any atom is 0.00813 e. The average molecular weight is 280 g/mol. The Morgan fingerprint density at radius 1 is 1.25 bits per heavy atom. The molecule has 0 spiro atoms. The van der Waals surface area contributed by atoms with Crippen molar-refractivity contribution in [2.75, 3.05) is 0 Å². The Kier molecular flexibility index (Phi) is 5.61. The van der Waals surface area contributed by atoms with Gasteiger partial charge in [0, 0.05) is 3.92 Å². The monoisotopic (exact) mass is 280 g/mol. The van der Waals surface area contributed by atoms with E-state index in [2.05, 4.69) is 29.5 Å². The van der Waals surface area contributed by atoms with Gasteiger partial charge in [-0.1, -0.05) is 74.5 Å². The van der Waals surface area contributed by atoms with Gasteiger partial charge >= 0.3 is 0 Å². The molecule has 1 aliphatic rings. The third-order valence-corrected chi connectivity index (χ3v) is 3.56. The Balaban J connectivity index is 1.88. The lowest BCUT2D eigenvalue weighted by Crippen LogP contribution is -1.94. The molecule has 0 heterocycles. The molecule has 1 heteroatoms. The highest BCUT2D eigenvalue weighted by Gasteiger charge is 2.13. The zero-order valence-electron chi connectivity index (χ0n) is 8.19. The van der Waals surface area contributed by atoms with Crippen LogP contribution in [0.15, 0.2) is 0 Å². The SMILES string of the molecule is CC(I)CCCCC1CCCC1. The number of rotatable bonds is 5. The third kappa shape index (κ3) is 4.68. The van der Waals surface area contributed by atoms with Gasteiger partial charge in [-0.3, -0.25) is 0 Å². The molecule has 1 atom stereocenters. The zero-order chi connectivity index (χ0) is 8.81. The van der Waals surface area contributed by atoms with Crippen LogP contribution in [0.5, 0.6) is 0 Å². The van der Waals surface area contributed by atoms with Crippen molar-refractivity contribution in [2.24, 2.45) is 5.92 Å². The number of unbranched alkanes of at least 4 members (excludes halogenated alkanes) is 1. The zero-order valence-corrected chi connectivity index (χ0v) is 10.3. The molecule has 0 amide bonds. The minimum Gasteiger partial charge on any atom is -0.0829 e. The van der Waals surface area contributed by atoms with Crippen LogP contribution in [-0.4, -0.2) is 3.92 Å². The van der Waals surface area contributed by atoms with Gasteiger partial charge in [-0.05, 0) is 12.3 Å². The summed E-state index contributed by atoms with van der Waals surface area (Å²) in [6.07, 6.45) is 12.0. The molecule has 1 rings (SSSR count). The predicted octanol–water partition coefficient (Wildman–Crippen LogP) is 4.56. The molecule has 1 aliphatic carbocycles. The molecule has 0 aromatic heterocycles. The molecule has 0 bridgehead atoms. The summed E-state index contributed by atoms with van der Waals surface area (Å²) in [5, 5.41) is 0. The van der Waals surface area contributed by atoms with E-state index in [1.807, 2.05) is 0 Å². The van der Waals surface area contributed by atoms with Gasteiger partial charge in [0.1, 0.15) is 0 Å². The molecule has 0 saturated heterocycles. The summed E-state index contributed by atoms with van der Waals surface area (Å²) >= 11 is 2.53. The number of alkyl halides is 1. The van der Waals surface area contributed by atoms with Gasteiger partial charge < -0.3 is 0 Å². The highest BCUT2D eigenvalue weighted by Crippen LogP contribution is 2.29. The molecule has 0 nitrogen and oxygen atoms in total. The first-order chi connectivity index (χ1) is 5.79. The van der Waals surface area contributed by atoms with E-state index < -0.39 is 0 Å². The molecule has 1 fully saturated rings. The van der Waals surface area contributed by atoms with Crippen molar-refractivity contribution in [2.45, 2.75) is 62.2 Å². The second-order valence-corrected chi connectivity index (χ2v) is 6.34. The molecule has 0 aromatic carbocycles. The van der Waals surface area contributed by atoms with Crippen molar-refractivity contribution in [3.63, 3.8) is 0 Å². The summed E-state index contributed by atoms with van der Waals surface area (Å²) in [5.74, 6) is 1.11. The van der Waals surface area contributed by atoms with E-state index in [0.29, 0.717) is 0 Å². The summed E-state index contributed by atoms with van der Waals surface area (Å²) in [7, 11) is 0. The van der Waals surface area contributed by atoms with Gasteiger partial charge in [0.25, 0.3) is 0 Å². The molecule has 0 aromatic rings. The van der Waals surface area contributed by atoms with E-state index in [9.17, 15) is 0 Å². The van der Waals surface area contributed by atoms with Crippen molar-refractivity contribution >= 4 is 22.6 Å². The fourth-order valence-electron chi connectivity index (χ4n) is 2.16. The summed E-state index contributed by atoms with van der Waals surface area (Å²) < 4.78 is 0.881. The Morgan fingerprint density at radius 3 is 2.50 bits per heavy atom. The molecule has 0 N–H and O–H groups in total. The molecule has 0 radical (unpaired) electrons. The number of hydrogen-bond acceptors (Lipinski definition) is 0. The fraction of sp³-hybridized carbons (Fsp3) is 1.00. The maximum atomic E-state index is 2.53. The van der Waals surface area contributed by atoms with Crippen molar-refractivity contribution in [3.8, 4) is 0 Å². The summed E-state index contributed by atoms with van der Waals surface area (Å²) in [6, 6.07) is 0. The Labute approximate surface area is 90.6 Å². The van der Waals surface area contributed by atoms with Crippen LogP contribution < -0.4 is 0 Å². The van der Waals surface area contributed by atoms with Gasteiger partial charge in [0.15, 0.2) is 0 Å². The van der Waals surface area contributed by atoms with E-state index in [-0.39, 0.29) is 0 Å². The van der Waals surface area contributed by atoms with Crippen LogP contribution in [0.3, 0.4) is 0 Å². The molecule has 1 unspecified atom stereocenters. The van der Waals surface area contributed by atoms with Crippen molar-refractivity contribution in [1.29, 1.82) is 0 Å². The Morgan fingerprint density at radius 2 is 1.92 bits per heavy atom. The van der Waals surface area contributed by atoms with Crippen LogP contribution >= 0.6 is 22.6 Å². The summed E-state index contributed by atoms with van der Waals surface area (Å²) in [4.78, 5) is 0. The minimum atomic E-state index is 0.881. The van der Waals surface area contributed by atoms with Crippen LogP contribution in [0.4, 0.5) is 0 Å².